The fourth-order valence-electron chi connectivity index (χ4n) is 3.63. The van der Waals surface area contributed by atoms with Gasteiger partial charge in [-0.1, -0.05) is 20.3 Å². The van der Waals surface area contributed by atoms with Crippen molar-refractivity contribution < 1.29 is 4.79 Å². The van der Waals surface area contributed by atoms with E-state index in [2.05, 4.69) is 19.2 Å². The Labute approximate surface area is 111 Å². The zero-order valence-electron chi connectivity index (χ0n) is 11.8. The molecule has 0 aliphatic heterocycles. The summed E-state index contributed by atoms with van der Waals surface area (Å²) in [6, 6.07) is 1.18. The quantitative estimate of drug-likeness (QED) is 0.810. The minimum Gasteiger partial charge on any atom is -0.369 e. The molecule has 0 unspecified atom stereocenters. The lowest BCUT2D eigenvalue weighted by Gasteiger charge is -2.37. The van der Waals surface area contributed by atoms with E-state index in [-0.39, 0.29) is 11.8 Å². The number of nitrogens with one attached hydrogen (secondary N) is 1. The Kier molecular flexibility index (Phi) is 4.66. The Morgan fingerprint density at radius 2 is 1.72 bits per heavy atom. The van der Waals surface area contributed by atoms with Gasteiger partial charge in [-0.05, 0) is 50.4 Å². The van der Waals surface area contributed by atoms with Gasteiger partial charge in [-0.15, -0.1) is 0 Å². The Balaban J connectivity index is 1.80. The number of carbonyl (C=O) groups is 1. The summed E-state index contributed by atoms with van der Waals surface area (Å²) in [5, 5.41) is 3.79. The Hall–Kier alpha value is -0.570. The second kappa shape index (κ2) is 6.05. The van der Waals surface area contributed by atoms with E-state index < -0.39 is 0 Å². The van der Waals surface area contributed by atoms with Gasteiger partial charge in [0.2, 0.25) is 5.91 Å². The molecule has 18 heavy (non-hydrogen) atoms. The molecule has 0 aromatic heterocycles. The molecule has 2 aliphatic carbocycles. The van der Waals surface area contributed by atoms with Crippen LogP contribution < -0.4 is 11.1 Å². The summed E-state index contributed by atoms with van der Waals surface area (Å²) in [5.41, 5.74) is 5.44. The van der Waals surface area contributed by atoms with Crippen molar-refractivity contribution in [2.75, 3.05) is 0 Å². The van der Waals surface area contributed by atoms with Crippen molar-refractivity contribution in [1.82, 2.24) is 5.32 Å². The van der Waals surface area contributed by atoms with Crippen LogP contribution in [0.1, 0.15) is 58.8 Å². The maximum absolute atomic E-state index is 11.3. The monoisotopic (exact) mass is 252 g/mol. The largest absolute Gasteiger partial charge is 0.369 e. The molecule has 3 N–H and O–H groups in total. The van der Waals surface area contributed by atoms with Gasteiger partial charge in [-0.2, -0.15) is 0 Å². The molecule has 0 saturated heterocycles. The van der Waals surface area contributed by atoms with Crippen molar-refractivity contribution in [2.45, 2.75) is 70.9 Å². The molecule has 2 saturated carbocycles. The van der Waals surface area contributed by atoms with Crippen LogP contribution in [0, 0.1) is 17.8 Å². The Morgan fingerprint density at radius 1 is 1.00 bits per heavy atom. The maximum atomic E-state index is 11.3. The van der Waals surface area contributed by atoms with E-state index >= 15 is 0 Å². The molecule has 2 rings (SSSR count). The van der Waals surface area contributed by atoms with Crippen molar-refractivity contribution in [1.29, 1.82) is 0 Å². The number of rotatable bonds is 3. The summed E-state index contributed by atoms with van der Waals surface area (Å²) in [6.45, 7) is 4.73. The first kappa shape index (κ1) is 13.9. The van der Waals surface area contributed by atoms with Crippen LogP contribution in [0.2, 0.25) is 0 Å². The number of hydrogen-bond acceptors (Lipinski definition) is 2. The molecule has 5 atom stereocenters. The molecule has 3 nitrogen and oxygen atoms in total. The molecule has 0 heterocycles. The zero-order chi connectivity index (χ0) is 13.1. The van der Waals surface area contributed by atoms with Crippen LogP contribution in [-0.4, -0.2) is 18.0 Å². The summed E-state index contributed by atoms with van der Waals surface area (Å²) >= 11 is 0. The highest BCUT2D eigenvalue weighted by Crippen LogP contribution is 2.31. The van der Waals surface area contributed by atoms with E-state index in [1.807, 2.05) is 0 Å². The van der Waals surface area contributed by atoms with E-state index in [0.717, 1.165) is 31.1 Å². The van der Waals surface area contributed by atoms with Gasteiger partial charge < -0.3 is 11.1 Å². The number of primary amides is 1. The maximum Gasteiger partial charge on any atom is 0.220 e. The smallest absolute Gasteiger partial charge is 0.220 e. The predicted octanol–water partition coefficient (Wildman–Crippen LogP) is 2.44. The highest BCUT2D eigenvalue weighted by Gasteiger charge is 2.30. The van der Waals surface area contributed by atoms with E-state index in [1.165, 1.54) is 25.7 Å². The van der Waals surface area contributed by atoms with Crippen LogP contribution >= 0.6 is 0 Å². The summed E-state index contributed by atoms with van der Waals surface area (Å²) < 4.78 is 0. The molecule has 2 fully saturated rings. The average Bonchev–Trinajstić information content (AvgIpc) is 2.34. The number of hydrogen-bond donors (Lipinski definition) is 2. The topological polar surface area (TPSA) is 55.1 Å². The molecule has 0 aromatic carbocycles. The van der Waals surface area contributed by atoms with Crippen molar-refractivity contribution in [2.24, 2.45) is 23.5 Å². The van der Waals surface area contributed by atoms with Crippen LogP contribution in [-0.2, 0) is 4.79 Å². The lowest BCUT2D eigenvalue weighted by atomic mass is 9.78. The highest BCUT2D eigenvalue weighted by atomic mass is 16.1. The molecular formula is C15H28N2O. The van der Waals surface area contributed by atoms with Crippen LogP contribution in [0.25, 0.3) is 0 Å². The van der Waals surface area contributed by atoms with Crippen LogP contribution in [0.3, 0.4) is 0 Å². The van der Waals surface area contributed by atoms with Gasteiger partial charge in [-0.3, -0.25) is 4.79 Å². The van der Waals surface area contributed by atoms with Gasteiger partial charge >= 0.3 is 0 Å². The minimum atomic E-state index is -0.105. The molecule has 1 amide bonds. The SMILES string of the molecule is C[C@@H]1CC[C@H](N[C@@H]2CCC[C@H](C(N)=O)C2)C[C@@H]1C. The fraction of sp³-hybridized carbons (Fsp3) is 0.933. The number of carbonyl (C=O) groups excluding carboxylic acids is 1. The summed E-state index contributed by atoms with van der Waals surface area (Å²) in [7, 11) is 0. The van der Waals surface area contributed by atoms with Crippen LogP contribution in [0.4, 0.5) is 0 Å². The van der Waals surface area contributed by atoms with Crippen LogP contribution in [0.15, 0.2) is 0 Å². The molecule has 2 aliphatic rings. The second-order valence-electron chi connectivity index (χ2n) is 6.59. The van der Waals surface area contributed by atoms with Crippen molar-refractivity contribution in [3.8, 4) is 0 Å². The Morgan fingerprint density at radius 3 is 2.39 bits per heavy atom. The summed E-state index contributed by atoms with van der Waals surface area (Å²) in [5.74, 6) is 1.70. The average molecular weight is 252 g/mol. The van der Waals surface area contributed by atoms with Gasteiger partial charge in [0.15, 0.2) is 0 Å². The van der Waals surface area contributed by atoms with Crippen molar-refractivity contribution in [3.63, 3.8) is 0 Å². The van der Waals surface area contributed by atoms with Crippen molar-refractivity contribution >= 4 is 5.91 Å². The first-order valence-electron chi connectivity index (χ1n) is 7.61. The molecule has 0 aromatic rings. The lowest BCUT2D eigenvalue weighted by Crippen LogP contribution is -2.45. The van der Waals surface area contributed by atoms with Crippen LogP contribution in [0.5, 0.6) is 0 Å². The Bertz CT molecular complexity index is 292. The molecular weight excluding hydrogens is 224 g/mol. The first-order chi connectivity index (χ1) is 8.56. The molecule has 0 bridgehead atoms. The van der Waals surface area contributed by atoms with E-state index in [0.29, 0.717) is 12.1 Å². The van der Waals surface area contributed by atoms with E-state index in [4.69, 9.17) is 5.73 Å². The van der Waals surface area contributed by atoms with E-state index in [9.17, 15) is 4.79 Å². The molecule has 104 valence electrons. The number of amides is 1. The highest BCUT2D eigenvalue weighted by molar-refractivity contribution is 5.76. The second-order valence-corrected chi connectivity index (χ2v) is 6.59. The standard InChI is InChI=1S/C15H28N2O/c1-10-6-7-14(8-11(10)2)17-13-5-3-4-12(9-13)15(16)18/h10-14,17H,3-9H2,1-2H3,(H2,16,18)/t10-,11+,12+,13-,14+/m1/s1. The van der Waals surface area contributed by atoms with Crippen molar-refractivity contribution in [3.05, 3.63) is 0 Å². The fourth-order valence-corrected chi connectivity index (χ4v) is 3.63. The predicted molar refractivity (Wildman–Crippen MR) is 74.0 cm³/mol. The first-order valence-corrected chi connectivity index (χ1v) is 7.61. The number of nitrogens with two attached hydrogens (primary N) is 1. The third-order valence-corrected chi connectivity index (χ3v) is 5.15. The molecule has 3 heteroatoms. The van der Waals surface area contributed by atoms with E-state index in [1.54, 1.807) is 0 Å². The third kappa shape index (κ3) is 3.47. The lowest BCUT2D eigenvalue weighted by molar-refractivity contribution is -0.123. The van der Waals surface area contributed by atoms with Gasteiger partial charge in [0, 0.05) is 18.0 Å². The van der Waals surface area contributed by atoms with Gasteiger partial charge in [-0.25, -0.2) is 0 Å². The third-order valence-electron chi connectivity index (χ3n) is 5.15. The molecule has 0 radical (unpaired) electrons. The van der Waals surface area contributed by atoms with Gasteiger partial charge in [0.1, 0.15) is 0 Å². The molecule has 0 spiro atoms. The van der Waals surface area contributed by atoms with Gasteiger partial charge in [0.05, 0.1) is 0 Å². The normalized spacial score (nSPS) is 41.6. The summed E-state index contributed by atoms with van der Waals surface area (Å²) in [6.07, 6.45) is 8.22. The minimum absolute atomic E-state index is 0.105. The summed E-state index contributed by atoms with van der Waals surface area (Å²) in [4.78, 5) is 11.3. The van der Waals surface area contributed by atoms with Gasteiger partial charge in [0.25, 0.3) is 0 Å². The zero-order valence-corrected chi connectivity index (χ0v) is 11.8.